The lowest BCUT2D eigenvalue weighted by atomic mass is 9.99. The second-order valence-corrected chi connectivity index (χ2v) is 6.71. The van der Waals surface area contributed by atoms with E-state index in [2.05, 4.69) is 0 Å². The lowest BCUT2D eigenvalue weighted by Gasteiger charge is -2.31. The van der Waals surface area contributed by atoms with Crippen molar-refractivity contribution in [2.24, 2.45) is 0 Å². The molecule has 1 atom stereocenters. The van der Waals surface area contributed by atoms with E-state index in [4.69, 9.17) is 0 Å². The second kappa shape index (κ2) is 6.72. The van der Waals surface area contributed by atoms with Crippen LogP contribution < -0.4 is 5.56 Å². The number of likely N-dealkylation sites (tertiary alicyclic amines) is 1. The molecule has 132 valence electrons. The van der Waals surface area contributed by atoms with E-state index in [1.165, 1.54) is 4.57 Å². The Hall–Kier alpha value is -2.60. The molecule has 2 aromatic rings. The number of aliphatic carboxylic acids is 1. The maximum absolute atomic E-state index is 12.4. The van der Waals surface area contributed by atoms with E-state index in [0.29, 0.717) is 25.1 Å². The summed E-state index contributed by atoms with van der Waals surface area (Å²) in [6.45, 7) is 2.95. The van der Waals surface area contributed by atoms with Gasteiger partial charge in [0.1, 0.15) is 5.54 Å². The van der Waals surface area contributed by atoms with E-state index in [-0.39, 0.29) is 12.3 Å². The van der Waals surface area contributed by atoms with Gasteiger partial charge in [-0.3, -0.25) is 14.5 Å². The van der Waals surface area contributed by atoms with Crippen LogP contribution in [-0.4, -0.2) is 37.7 Å². The zero-order valence-electron chi connectivity index (χ0n) is 14.2. The van der Waals surface area contributed by atoms with Crippen LogP contribution in [0.3, 0.4) is 0 Å². The highest BCUT2D eigenvalue weighted by Gasteiger charge is 2.43. The van der Waals surface area contributed by atoms with Gasteiger partial charge in [0.2, 0.25) is 0 Å². The molecule has 1 unspecified atom stereocenters. The monoisotopic (exact) mass is 342 g/mol. The fourth-order valence-corrected chi connectivity index (χ4v) is 3.35. The summed E-state index contributed by atoms with van der Waals surface area (Å²) in [5.74, 6) is -1.18. The van der Waals surface area contributed by atoms with Gasteiger partial charge in [-0.05, 0) is 37.9 Å². The molecule has 6 heteroatoms. The van der Waals surface area contributed by atoms with E-state index in [9.17, 15) is 19.8 Å². The molecule has 0 amide bonds. The first-order valence-electron chi connectivity index (χ1n) is 8.35. The van der Waals surface area contributed by atoms with Crippen molar-refractivity contribution in [1.82, 2.24) is 9.47 Å². The maximum atomic E-state index is 12.4. The Balaban J connectivity index is 1.83. The van der Waals surface area contributed by atoms with Crippen molar-refractivity contribution in [3.63, 3.8) is 0 Å². The molecule has 0 radical (unpaired) electrons. The zero-order chi connectivity index (χ0) is 18.0. The molecule has 0 aliphatic carbocycles. The zero-order valence-corrected chi connectivity index (χ0v) is 14.2. The van der Waals surface area contributed by atoms with Gasteiger partial charge >= 0.3 is 5.97 Å². The number of carbonyl (C=O) groups is 1. The van der Waals surface area contributed by atoms with Gasteiger partial charge in [0, 0.05) is 18.3 Å². The van der Waals surface area contributed by atoms with Crippen molar-refractivity contribution in [3.8, 4) is 5.75 Å². The summed E-state index contributed by atoms with van der Waals surface area (Å²) in [5, 5.41) is 19.8. The highest BCUT2D eigenvalue weighted by atomic mass is 16.4. The summed E-state index contributed by atoms with van der Waals surface area (Å²) in [4.78, 5) is 25.8. The lowest BCUT2D eigenvalue weighted by molar-refractivity contribution is -0.148. The van der Waals surface area contributed by atoms with Gasteiger partial charge in [-0.2, -0.15) is 0 Å². The van der Waals surface area contributed by atoms with Crippen LogP contribution in [0.1, 0.15) is 30.9 Å². The minimum absolute atomic E-state index is 0.246. The Morgan fingerprint density at radius 2 is 1.92 bits per heavy atom. The third kappa shape index (κ3) is 3.30. The molecular formula is C19H22N2O4. The number of nitrogens with zero attached hydrogens (tertiary/aromatic N) is 2. The highest BCUT2D eigenvalue weighted by Crippen LogP contribution is 2.31. The molecule has 1 saturated heterocycles. The summed E-state index contributed by atoms with van der Waals surface area (Å²) in [6.07, 6.45) is 3.00. The predicted molar refractivity (Wildman–Crippen MR) is 93.6 cm³/mol. The number of hydrogen-bond acceptors (Lipinski definition) is 4. The molecule has 0 spiro atoms. The minimum atomic E-state index is -0.953. The molecular weight excluding hydrogens is 320 g/mol. The van der Waals surface area contributed by atoms with Crippen LogP contribution >= 0.6 is 0 Å². The third-order valence-electron chi connectivity index (χ3n) is 5.03. The van der Waals surface area contributed by atoms with Crippen LogP contribution in [-0.2, 0) is 17.9 Å². The first-order valence-corrected chi connectivity index (χ1v) is 8.35. The number of aromatic nitrogens is 1. The molecule has 1 aliphatic rings. The van der Waals surface area contributed by atoms with Crippen molar-refractivity contribution >= 4 is 5.97 Å². The van der Waals surface area contributed by atoms with Gasteiger partial charge < -0.3 is 14.8 Å². The quantitative estimate of drug-likeness (QED) is 0.869. The highest BCUT2D eigenvalue weighted by molar-refractivity contribution is 5.78. The molecule has 0 saturated carbocycles. The van der Waals surface area contributed by atoms with Crippen LogP contribution in [0.15, 0.2) is 47.4 Å². The normalized spacial score (nSPS) is 20.7. The minimum Gasteiger partial charge on any atom is -0.503 e. The Morgan fingerprint density at radius 1 is 1.20 bits per heavy atom. The Kier molecular flexibility index (Phi) is 4.63. The van der Waals surface area contributed by atoms with Gasteiger partial charge in [0.25, 0.3) is 5.56 Å². The van der Waals surface area contributed by atoms with Crippen LogP contribution in [0.25, 0.3) is 0 Å². The van der Waals surface area contributed by atoms with Gasteiger partial charge in [-0.25, -0.2) is 0 Å². The van der Waals surface area contributed by atoms with Gasteiger partial charge in [-0.15, -0.1) is 0 Å². The van der Waals surface area contributed by atoms with E-state index in [1.54, 1.807) is 19.2 Å². The number of hydrogen-bond donors (Lipinski definition) is 2. The fourth-order valence-electron chi connectivity index (χ4n) is 3.35. The lowest BCUT2D eigenvalue weighted by Crippen LogP contribution is -2.47. The van der Waals surface area contributed by atoms with Crippen LogP contribution in [0.5, 0.6) is 5.75 Å². The molecule has 1 aromatic heterocycles. The van der Waals surface area contributed by atoms with Crippen molar-refractivity contribution < 1.29 is 15.0 Å². The number of pyridine rings is 1. The molecule has 25 heavy (non-hydrogen) atoms. The van der Waals surface area contributed by atoms with Gasteiger partial charge in [0.05, 0.1) is 6.54 Å². The SMILES string of the molecule is CC1(C(=O)O)CCCN1Cc1ccn(Cc2ccccc2)c(=O)c1O. The first kappa shape index (κ1) is 17.2. The molecule has 1 aliphatic heterocycles. The van der Waals surface area contributed by atoms with Gasteiger partial charge in [0.15, 0.2) is 5.75 Å². The summed E-state index contributed by atoms with van der Waals surface area (Å²) < 4.78 is 1.45. The molecule has 1 aromatic carbocycles. The number of rotatable bonds is 5. The Morgan fingerprint density at radius 3 is 2.60 bits per heavy atom. The first-order chi connectivity index (χ1) is 11.9. The third-order valence-corrected chi connectivity index (χ3v) is 5.03. The maximum Gasteiger partial charge on any atom is 0.323 e. The van der Waals surface area contributed by atoms with E-state index in [1.807, 2.05) is 35.2 Å². The Labute approximate surface area is 146 Å². The predicted octanol–water partition coefficient (Wildman–Crippen LogP) is 2.04. The van der Waals surface area contributed by atoms with E-state index >= 15 is 0 Å². The number of carboxylic acids is 1. The molecule has 0 bridgehead atoms. The molecule has 2 N–H and O–H groups in total. The smallest absolute Gasteiger partial charge is 0.323 e. The number of aromatic hydroxyl groups is 1. The summed E-state index contributed by atoms with van der Waals surface area (Å²) in [7, 11) is 0. The summed E-state index contributed by atoms with van der Waals surface area (Å²) >= 11 is 0. The van der Waals surface area contributed by atoms with E-state index in [0.717, 1.165) is 12.0 Å². The average molecular weight is 342 g/mol. The van der Waals surface area contributed by atoms with Crippen LogP contribution in [0, 0.1) is 0 Å². The topological polar surface area (TPSA) is 82.8 Å². The second-order valence-electron chi connectivity index (χ2n) is 6.71. The molecule has 2 heterocycles. The molecule has 3 rings (SSSR count). The molecule has 6 nitrogen and oxygen atoms in total. The molecule has 1 fully saturated rings. The van der Waals surface area contributed by atoms with Crippen LogP contribution in [0.2, 0.25) is 0 Å². The van der Waals surface area contributed by atoms with Crippen molar-refractivity contribution in [2.75, 3.05) is 6.54 Å². The fraction of sp³-hybridized carbons (Fsp3) is 0.368. The number of benzene rings is 1. The summed E-state index contributed by atoms with van der Waals surface area (Å²) in [6, 6.07) is 11.2. The van der Waals surface area contributed by atoms with Crippen molar-refractivity contribution in [1.29, 1.82) is 0 Å². The largest absolute Gasteiger partial charge is 0.503 e. The number of carboxylic acid groups (broad SMARTS) is 1. The standard InChI is InChI=1S/C19H22N2O4/c1-19(18(24)25)9-5-10-21(19)13-15-8-11-20(17(23)16(15)22)12-14-6-3-2-4-7-14/h2-4,6-8,11,22H,5,9-10,12-13H2,1H3,(H,24,25). The van der Waals surface area contributed by atoms with Crippen molar-refractivity contribution in [2.45, 2.75) is 38.4 Å². The van der Waals surface area contributed by atoms with E-state index < -0.39 is 17.1 Å². The van der Waals surface area contributed by atoms with Gasteiger partial charge in [-0.1, -0.05) is 30.3 Å². The summed E-state index contributed by atoms with van der Waals surface area (Å²) in [5.41, 5.74) is 0.0155. The Bertz CT molecular complexity index is 831. The average Bonchev–Trinajstić information content (AvgIpc) is 2.98. The van der Waals surface area contributed by atoms with Crippen molar-refractivity contribution in [3.05, 3.63) is 64.1 Å². The van der Waals surface area contributed by atoms with Crippen LogP contribution in [0.4, 0.5) is 0 Å².